The van der Waals surface area contributed by atoms with Crippen molar-refractivity contribution in [3.63, 3.8) is 0 Å². The topological polar surface area (TPSA) is 8.17 Å². The summed E-state index contributed by atoms with van der Waals surface area (Å²) in [6.07, 6.45) is 0. The lowest BCUT2D eigenvalue weighted by Crippen LogP contribution is -2.15. The number of hydrogen-bond acceptors (Lipinski definition) is 1. The number of benzene rings is 11. The number of aromatic nitrogens is 1. The van der Waals surface area contributed by atoms with Gasteiger partial charge in [-0.15, -0.1) is 0 Å². The summed E-state index contributed by atoms with van der Waals surface area (Å²) in [5, 5.41) is 7.55. The average molecular weight is 893 g/mol. The van der Waals surface area contributed by atoms with Gasteiger partial charge >= 0.3 is 0 Å². The van der Waals surface area contributed by atoms with E-state index < -0.39 is 0 Å². The van der Waals surface area contributed by atoms with Gasteiger partial charge in [0.15, 0.2) is 0 Å². The van der Waals surface area contributed by atoms with Crippen LogP contribution in [0.3, 0.4) is 0 Å². The van der Waals surface area contributed by atoms with Crippen molar-refractivity contribution >= 4 is 60.4 Å². The number of fused-ring (bicyclic) bond motifs is 11. The van der Waals surface area contributed by atoms with Crippen molar-refractivity contribution in [3.05, 3.63) is 241 Å². The highest BCUT2D eigenvalue weighted by Crippen LogP contribution is 2.58. The number of hydrogen-bond donors (Lipinski definition) is 0. The van der Waals surface area contributed by atoms with Gasteiger partial charge in [0, 0.05) is 49.8 Å². The van der Waals surface area contributed by atoms with E-state index in [0.717, 1.165) is 17.1 Å². The third-order valence-electron chi connectivity index (χ3n) is 16.5. The molecule has 2 nitrogen and oxygen atoms in total. The molecule has 0 saturated heterocycles. The Bertz CT molecular complexity index is 4240. The van der Waals surface area contributed by atoms with E-state index in [1.165, 1.54) is 127 Å². The first-order valence-electron chi connectivity index (χ1n) is 24.7. The maximum Gasteiger partial charge on any atom is 0.0623 e. The zero-order valence-corrected chi connectivity index (χ0v) is 39.7. The summed E-state index contributed by atoms with van der Waals surface area (Å²) < 4.78 is 2.55. The molecule has 330 valence electrons. The maximum atomic E-state index is 2.55. The lowest BCUT2D eigenvalue weighted by atomic mass is 9.81. The number of nitrogens with zero attached hydrogens (tertiary/aromatic N) is 2. The minimum atomic E-state index is -0.0950. The molecule has 0 spiro atoms. The van der Waals surface area contributed by atoms with E-state index in [-0.39, 0.29) is 10.8 Å². The molecule has 70 heavy (non-hydrogen) atoms. The van der Waals surface area contributed by atoms with Crippen LogP contribution in [0.4, 0.5) is 17.1 Å². The molecule has 2 aliphatic carbocycles. The molecule has 1 aliphatic heterocycles. The molecule has 15 rings (SSSR count). The maximum absolute atomic E-state index is 2.55. The molecule has 1 aromatic heterocycles. The van der Waals surface area contributed by atoms with E-state index in [9.17, 15) is 0 Å². The quantitative estimate of drug-likeness (QED) is 0.167. The molecular formula is C68H48N2. The van der Waals surface area contributed by atoms with Gasteiger partial charge in [0.2, 0.25) is 0 Å². The Balaban J connectivity index is 0.855. The molecule has 2 heterocycles. The second kappa shape index (κ2) is 14.1. The molecule has 0 atom stereocenters. The van der Waals surface area contributed by atoms with Crippen LogP contribution in [0.5, 0.6) is 0 Å². The number of rotatable bonds is 5. The monoisotopic (exact) mass is 892 g/mol. The minimum absolute atomic E-state index is 0.0651. The van der Waals surface area contributed by atoms with Crippen LogP contribution in [0.15, 0.2) is 218 Å². The van der Waals surface area contributed by atoms with Crippen molar-refractivity contribution in [2.24, 2.45) is 0 Å². The van der Waals surface area contributed by atoms with E-state index in [4.69, 9.17) is 0 Å². The van der Waals surface area contributed by atoms with Crippen molar-refractivity contribution < 1.29 is 0 Å². The van der Waals surface area contributed by atoms with Gasteiger partial charge in [0.1, 0.15) is 0 Å². The van der Waals surface area contributed by atoms with Crippen LogP contribution in [-0.2, 0) is 10.8 Å². The Morgan fingerprint density at radius 3 is 1.76 bits per heavy atom. The summed E-state index contributed by atoms with van der Waals surface area (Å²) >= 11 is 0. The lowest BCUT2D eigenvalue weighted by Gasteiger charge is -2.27. The Kier molecular flexibility index (Phi) is 7.94. The van der Waals surface area contributed by atoms with Crippen LogP contribution < -0.4 is 4.90 Å². The zero-order chi connectivity index (χ0) is 46.6. The largest absolute Gasteiger partial charge is 0.310 e. The normalized spacial score (nSPS) is 14.2. The fraction of sp³-hybridized carbons (Fsp3) is 0.0882. The van der Waals surface area contributed by atoms with E-state index >= 15 is 0 Å². The Labute approximate surface area is 408 Å². The van der Waals surface area contributed by atoms with Crippen LogP contribution in [0, 0.1) is 0 Å². The Hall–Kier alpha value is -8.46. The Morgan fingerprint density at radius 2 is 0.886 bits per heavy atom. The summed E-state index contributed by atoms with van der Waals surface area (Å²) in [7, 11) is 0. The minimum Gasteiger partial charge on any atom is -0.310 e. The molecule has 12 aromatic rings. The standard InChI is InChI=1S/C68H48N2/c1-67(2)58-17-9-7-14-52(58)56-40-51(31-33-59(56)67)69(49-28-24-42(25-29-49)44-21-20-41-12-5-6-13-43(41)36-44)50-30-26-46-37-45(22-23-47(46)38-50)48-27-35-63-57(39-48)54-16-11-18-60-64(54)65-61(68(60,3)4)34-32-55-53-15-8-10-19-62(53)70(63)66(55)65/h5-40H,1-4H3. The first-order chi connectivity index (χ1) is 34.2. The summed E-state index contributed by atoms with van der Waals surface area (Å²) in [5.41, 5.74) is 25.5. The van der Waals surface area contributed by atoms with Gasteiger partial charge < -0.3 is 9.47 Å². The summed E-state index contributed by atoms with van der Waals surface area (Å²) in [6.45, 7) is 9.50. The van der Waals surface area contributed by atoms with Crippen LogP contribution in [0.1, 0.15) is 49.9 Å². The van der Waals surface area contributed by atoms with E-state index in [0.29, 0.717) is 0 Å². The summed E-state index contributed by atoms with van der Waals surface area (Å²) in [6, 6.07) is 82.3. The average Bonchev–Trinajstić information content (AvgIpc) is 3.91. The van der Waals surface area contributed by atoms with Gasteiger partial charge in [-0.25, -0.2) is 0 Å². The molecule has 0 amide bonds. The summed E-state index contributed by atoms with van der Waals surface area (Å²) in [5.74, 6) is 0. The fourth-order valence-corrected chi connectivity index (χ4v) is 12.9. The third-order valence-corrected chi connectivity index (χ3v) is 16.5. The highest BCUT2D eigenvalue weighted by Gasteiger charge is 2.41. The van der Waals surface area contributed by atoms with Crippen molar-refractivity contribution in [3.8, 4) is 61.3 Å². The molecule has 0 saturated carbocycles. The number of anilines is 3. The van der Waals surface area contributed by atoms with Crippen molar-refractivity contribution in [2.45, 2.75) is 38.5 Å². The lowest BCUT2D eigenvalue weighted by molar-refractivity contribution is 0.660. The highest BCUT2D eigenvalue weighted by atomic mass is 15.1. The van der Waals surface area contributed by atoms with E-state index in [1.54, 1.807) is 0 Å². The SMILES string of the molecule is CC1(C)c2ccccc2-c2cc(N(c3ccc(-c4ccc5ccccc5c4)cc3)c3ccc4cc(-c5ccc6c(c5)-c5cccc7c5-c5c(ccc8c9ccccc9n-6c58)C7(C)C)ccc4c3)ccc21. The fourth-order valence-electron chi connectivity index (χ4n) is 12.9. The molecule has 0 radical (unpaired) electrons. The predicted octanol–water partition coefficient (Wildman–Crippen LogP) is 18.5. The molecule has 0 unspecified atom stereocenters. The highest BCUT2D eigenvalue weighted by molar-refractivity contribution is 6.19. The van der Waals surface area contributed by atoms with Gasteiger partial charge in [-0.05, 0) is 155 Å². The predicted molar refractivity (Wildman–Crippen MR) is 295 cm³/mol. The molecular weight excluding hydrogens is 845 g/mol. The van der Waals surface area contributed by atoms with Crippen LogP contribution in [-0.4, -0.2) is 4.57 Å². The molecule has 3 aliphatic rings. The van der Waals surface area contributed by atoms with Crippen LogP contribution >= 0.6 is 0 Å². The second-order valence-electron chi connectivity index (χ2n) is 20.9. The van der Waals surface area contributed by atoms with Gasteiger partial charge in [0.25, 0.3) is 0 Å². The van der Waals surface area contributed by atoms with E-state index in [1.807, 2.05) is 0 Å². The molecule has 2 heteroatoms. The third kappa shape index (κ3) is 5.39. The molecule has 0 N–H and O–H groups in total. The smallest absolute Gasteiger partial charge is 0.0623 e. The van der Waals surface area contributed by atoms with Gasteiger partial charge in [-0.3, -0.25) is 0 Å². The number of para-hydroxylation sites is 1. The zero-order valence-electron chi connectivity index (χ0n) is 39.7. The van der Waals surface area contributed by atoms with Gasteiger partial charge in [0.05, 0.1) is 16.7 Å². The van der Waals surface area contributed by atoms with Crippen molar-refractivity contribution in [2.75, 3.05) is 4.90 Å². The first-order valence-corrected chi connectivity index (χ1v) is 24.7. The molecule has 0 bridgehead atoms. The van der Waals surface area contributed by atoms with Crippen molar-refractivity contribution in [1.82, 2.24) is 4.57 Å². The Morgan fingerprint density at radius 1 is 0.329 bits per heavy atom. The van der Waals surface area contributed by atoms with E-state index in [2.05, 4.69) is 256 Å². The van der Waals surface area contributed by atoms with Gasteiger partial charge in [-0.2, -0.15) is 0 Å². The summed E-state index contributed by atoms with van der Waals surface area (Å²) in [4.78, 5) is 2.43. The molecule has 0 fully saturated rings. The first kappa shape index (κ1) is 39.5. The van der Waals surface area contributed by atoms with Gasteiger partial charge in [-0.1, -0.05) is 179 Å². The van der Waals surface area contributed by atoms with Crippen molar-refractivity contribution in [1.29, 1.82) is 0 Å². The van der Waals surface area contributed by atoms with Crippen LogP contribution in [0.25, 0.3) is 105 Å². The molecule has 11 aromatic carbocycles. The van der Waals surface area contributed by atoms with Crippen LogP contribution in [0.2, 0.25) is 0 Å². The second-order valence-corrected chi connectivity index (χ2v) is 20.9.